The topological polar surface area (TPSA) is 42.0 Å². The fourth-order valence-electron chi connectivity index (χ4n) is 2.62. The molecule has 1 aromatic heterocycles. The number of hydrogen-bond donors (Lipinski definition) is 1. The number of nitrogens with zero attached hydrogens (tertiary/aromatic N) is 1. The van der Waals surface area contributed by atoms with Gasteiger partial charge in [-0.25, -0.2) is 0 Å². The van der Waals surface area contributed by atoms with E-state index in [4.69, 9.17) is 0 Å². The minimum Gasteiger partial charge on any atom is -0.305 e. The van der Waals surface area contributed by atoms with Gasteiger partial charge in [0.2, 0.25) is 0 Å². The lowest BCUT2D eigenvalue weighted by Crippen LogP contribution is -2.44. The van der Waals surface area contributed by atoms with Crippen LogP contribution in [0.2, 0.25) is 0 Å². The highest BCUT2D eigenvalue weighted by Crippen LogP contribution is 2.25. The lowest BCUT2D eigenvalue weighted by Gasteiger charge is -2.22. The number of benzene rings is 1. The summed E-state index contributed by atoms with van der Waals surface area (Å²) in [4.78, 5) is 16.8. The van der Waals surface area contributed by atoms with Crippen LogP contribution in [0, 0.1) is 0 Å². The fourth-order valence-corrected chi connectivity index (χ4v) is 2.62. The molecule has 1 atom stereocenters. The van der Waals surface area contributed by atoms with Gasteiger partial charge in [-0.15, -0.1) is 0 Å². The van der Waals surface area contributed by atoms with Gasteiger partial charge in [0.1, 0.15) is 0 Å². The standard InChI is InChI=1S/C15H16N2O/c1-15(7-3-9-17-15)14(18)12-5-6-13-11(10-12)4-2-8-16-13/h2,4-6,8,10,17H,3,7,9H2,1H3. The quantitative estimate of drug-likeness (QED) is 0.820. The summed E-state index contributed by atoms with van der Waals surface area (Å²) in [5, 5.41) is 4.33. The van der Waals surface area contributed by atoms with Gasteiger partial charge in [0.25, 0.3) is 0 Å². The highest BCUT2D eigenvalue weighted by Gasteiger charge is 2.36. The number of hydrogen-bond acceptors (Lipinski definition) is 3. The summed E-state index contributed by atoms with van der Waals surface area (Å²) in [6.45, 7) is 2.92. The van der Waals surface area contributed by atoms with Crippen molar-refractivity contribution in [2.24, 2.45) is 0 Å². The molecule has 18 heavy (non-hydrogen) atoms. The summed E-state index contributed by atoms with van der Waals surface area (Å²) in [5.74, 6) is 0.186. The molecule has 0 aliphatic carbocycles. The minimum absolute atomic E-state index is 0.186. The molecule has 0 bridgehead atoms. The predicted molar refractivity (Wildman–Crippen MR) is 71.7 cm³/mol. The van der Waals surface area contributed by atoms with E-state index in [0.29, 0.717) is 0 Å². The van der Waals surface area contributed by atoms with Crippen molar-refractivity contribution in [3.05, 3.63) is 42.1 Å². The molecule has 1 aliphatic rings. The lowest BCUT2D eigenvalue weighted by atomic mass is 9.89. The number of Topliss-reactive ketones (excluding diaryl/α,β-unsaturated/α-hetero) is 1. The highest BCUT2D eigenvalue weighted by atomic mass is 16.1. The van der Waals surface area contributed by atoms with E-state index in [0.717, 1.165) is 35.9 Å². The summed E-state index contributed by atoms with van der Waals surface area (Å²) in [7, 11) is 0. The third-order valence-electron chi connectivity index (χ3n) is 3.74. The Kier molecular flexibility index (Phi) is 2.63. The second kappa shape index (κ2) is 4.18. The van der Waals surface area contributed by atoms with Crippen LogP contribution in [0.5, 0.6) is 0 Å². The van der Waals surface area contributed by atoms with Crippen LogP contribution < -0.4 is 5.32 Å². The van der Waals surface area contributed by atoms with Crippen LogP contribution in [0.15, 0.2) is 36.5 Å². The smallest absolute Gasteiger partial charge is 0.182 e. The number of rotatable bonds is 2. The van der Waals surface area contributed by atoms with Gasteiger partial charge in [0, 0.05) is 17.1 Å². The van der Waals surface area contributed by atoms with Crippen molar-refractivity contribution in [2.45, 2.75) is 25.3 Å². The van der Waals surface area contributed by atoms with Gasteiger partial charge in [-0.05, 0) is 50.6 Å². The SMILES string of the molecule is CC1(C(=O)c2ccc3ncccc3c2)CCCN1. The highest BCUT2D eigenvalue weighted by molar-refractivity contribution is 6.05. The normalized spacial score (nSPS) is 23.4. The molecule has 0 amide bonds. The molecule has 3 rings (SSSR count). The van der Waals surface area contributed by atoms with Gasteiger partial charge in [0.05, 0.1) is 11.1 Å². The van der Waals surface area contributed by atoms with E-state index in [1.165, 1.54) is 0 Å². The Labute approximate surface area is 106 Å². The first-order valence-corrected chi connectivity index (χ1v) is 6.34. The zero-order valence-electron chi connectivity index (χ0n) is 10.4. The Balaban J connectivity index is 2.01. The third kappa shape index (κ3) is 1.81. The van der Waals surface area contributed by atoms with Gasteiger partial charge < -0.3 is 5.32 Å². The molecule has 1 aromatic carbocycles. The van der Waals surface area contributed by atoms with E-state index in [1.807, 2.05) is 37.3 Å². The number of aromatic nitrogens is 1. The molecule has 92 valence electrons. The van der Waals surface area contributed by atoms with Crippen LogP contribution in [0.1, 0.15) is 30.1 Å². The maximum atomic E-state index is 12.5. The Bertz CT molecular complexity index is 600. The molecule has 0 radical (unpaired) electrons. The maximum Gasteiger partial charge on any atom is 0.182 e. The molecule has 3 nitrogen and oxygen atoms in total. The average Bonchev–Trinajstić information content (AvgIpc) is 2.85. The van der Waals surface area contributed by atoms with Gasteiger partial charge in [-0.2, -0.15) is 0 Å². The summed E-state index contributed by atoms with van der Waals surface area (Å²) in [5.41, 5.74) is 1.31. The molecule has 1 unspecified atom stereocenters. The molecular weight excluding hydrogens is 224 g/mol. The largest absolute Gasteiger partial charge is 0.305 e. The lowest BCUT2D eigenvalue weighted by molar-refractivity contribution is 0.0884. The van der Waals surface area contributed by atoms with E-state index in [2.05, 4.69) is 10.3 Å². The van der Waals surface area contributed by atoms with Crippen LogP contribution in [0.4, 0.5) is 0 Å². The van der Waals surface area contributed by atoms with Crippen molar-refractivity contribution in [3.63, 3.8) is 0 Å². The van der Waals surface area contributed by atoms with Crippen molar-refractivity contribution in [3.8, 4) is 0 Å². The summed E-state index contributed by atoms with van der Waals surface area (Å²) in [6.07, 6.45) is 3.75. The number of ketones is 1. The van der Waals surface area contributed by atoms with Crippen LogP contribution in [0.3, 0.4) is 0 Å². The number of nitrogens with one attached hydrogen (secondary N) is 1. The maximum absolute atomic E-state index is 12.5. The fraction of sp³-hybridized carbons (Fsp3) is 0.333. The first kappa shape index (κ1) is 11.4. The number of fused-ring (bicyclic) bond motifs is 1. The molecule has 1 aliphatic heterocycles. The predicted octanol–water partition coefficient (Wildman–Crippen LogP) is 2.56. The second-order valence-corrected chi connectivity index (χ2v) is 5.10. The first-order valence-electron chi connectivity index (χ1n) is 6.34. The summed E-state index contributed by atoms with van der Waals surface area (Å²) < 4.78 is 0. The molecule has 0 saturated carbocycles. The van der Waals surface area contributed by atoms with E-state index >= 15 is 0 Å². The molecule has 1 N–H and O–H groups in total. The van der Waals surface area contributed by atoms with Crippen molar-refractivity contribution in [1.82, 2.24) is 10.3 Å². The second-order valence-electron chi connectivity index (χ2n) is 5.10. The molecule has 2 aromatic rings. The van der Waals surface area contributed by atoms with E-state index < -0.39 is 5.54 Å². The Morgan fingerprint density at radius 2 is 2.28 bits per heavy atom. The zero-order valence-corrected chi connectivity index (χ0v) is 10.4. The third-order valence-corrected chi connectivity index (χ3v) is 3.74. The van der Waals surface area contributed by atoms with Gasteiger partial charge >= 0.3 is 0 Å². The molecular formula is C15H16N2O. The van der Waals surface area contributed by atoms with Crippen molar-refractivity contribution < 1.29 is 4.79 Å². The molecule has 0 spiro atoms. The van der Waals surface area contributed by atoms with Crippen LogP contribution >= 0.6 is 0 Å². The van der Waals surface area contributed by atoms with Crippen LogP contribution in [-0.4, -0.2) is 22.9 Å². The monoisotopic (exact) mass is 240 g/mol. The van der Waals surface area contributed by atoms with E-state index in [-0.39, 0.29) is 5.78 Å². The van der Waals surface area contributed by atoms with E-state index in [9.17, 15) is 4.79 Å². The van der Waals surface area contributed by atoms with Crippen molar-refractivity contribution >= 4 is 16.7 Å². The van der Waals surface area contributed by atoms with Crippen LogP contribution in [-0.2, 0) is 0 Å². The first-order chi connectivity index (χ1) is 8.69. The molecule has 2 heterocycles. The Morgan fingerprint density at radius 3 is 3.06 bits per heavy atom. The summed E-state index contributed by atoms with van der Waals surface area (Å²) >= 11 is 0. The molecule has 1 saturated heterocycles. The zero-order chi connectivity index (χ0) is 12.6. The van der Waals surface area contributed by atoms with Gasteiger partial charge in [-0.1, -0.05) is 6.07 Å². The molecule has 3 heteroatoms. The van der Waals surface area contributed by atoms with Gasteiger partial charge in [0.15, 0.2) is 5.78 Å². The Hall–Kier alpha value is -1.74. The van der Waals surface area contributed by atoms with E-state index in [1.54, 1.807) is 6.20 Å². The average molecular weight is 240 g/mol. The van der Waals surface area contributed by atoms with Crippen molar-refractivity contribution in [2.75, 3.05) is 6.54 Å². The van der Waals surface area contributed by atoms with Crippen molar-refractivity contribution in [1.29, 1.82) is 0 Å². The molecule has 1 fully saturated rings. The number of carbonyl (C=O) groups excluding carboxylic acids is 1. The summed E-state index contributed by atoms with van der Waals surface area (Å²) in [6, 6.07) is 9.62. The van der Waals surface area contributed by atoms with Crippen LogP contribution in [0.25, 0.3) is 10.9 Å². The Morgan fingerprint density at radius 1 is 1.39 bits per heavy atom. The number of carbonyl (C=O) groups is 1. The van der Waals surface area contributed by atoms with Gasteiger partial charge in [-0.3, -0.25) is 9.78 Å². The number of pyridine rings is 1. The minimum atomic E-state index is -0.393.